The number of aliphatic imine (C=N–C) groups is 1. The number of para-hydroxylation sites is 1. The summed E-state index contributed by atoms with van der Waals surface area (Å²) in [6.07, 6.45) is -0.630. The maximum atomic E-state index is 12.1. The molecule has 0 fully saturated rings. The topological polar surface area (TPSA) is 72.0 Å². The van der Waals surface area contributed by atoms with Crippen molar-refractivity contribution in [2.75, 3.05) is 0 Å². The molecule has 28 heavy (non-hydrogen) atoms. The minimum absolute atomic E-state index is 0.139. The van der Waals surface area contributed by atoms with Gasteiger partial charge in [0.15, 0.2) is 0 Å². The van der Waals surface area contributed by atoms with E-state index in [1.807, 2.05) is 91.0 Å². The van der Waals surface area contributed by atoms with Crippen molar-refractivity contribution in [2.45, 2.75) is 13.2 Å². The zero-order chi connectivity index (χ0) is 19.4. The minimum atomic E-state index is -0.630. The third-order valence-electron chi connectivity index (χ3n) is 3.68. The summed E-state index contributed by atoms with van der Waals surface area (Å²) in [5, 5.41) is 2.57. The van der Waals surface area contributed by atoms with Crippen LogP contribution in [0.4, 0.5) is 10.5 Å². The maximum Gasteiger partial charge on any atom is 0.414 e. The Labute approximate surface area is 163 Å². The van der Waals surface area contributed by atoms with Crippen LogP contribution in [-0.2, 0) is 22.8 Å². The first-order chi connectivity index (χ1) is 13.8. The van der Waals surface area contributed by atoms with Crippen molar-refractivity contribution < 1.29 is 14.4 Å². The van der Waals surface area contributed by atoms with Crippen LogP contribution in [0.15, 0.2) is 96.0 Å². The Morgan fingerprint density at radius 3 is 1.89 bits per heavy atom. The number of nitrogens with zero attached hydrogens (tertiary/aromatic N) is 1. The van der Waals surface area contributed by atoms with Crippen molar-refractivity contribution in [1.29, 1.82) is 0 Å². The van der Waals surface area contributed by atoms with Gasteiger partial charge in [-0.15, -0.1) is 0 Å². The zero-order valence-corrected chi connectivity index (χ0v) is 15.2. The number of nitrogens with one attached hydrogen (secondary N) is 2. The number of benzene rings is 3. The summed E-state index contributed by atoms with van der Waals surface area (Å²) >= 11 is 0. The molecule has 2 N–H and O–H groups in total. The van der Waals surface area contributed by atoms with Crippen molar-refractivity contribution in [3.63, 3.8) is 0 Å². The summed E-state index contributed by atoms with van der Waals surface area (Å²) in [6, 6.07) is 28.3. The van der Waals surface area contributed by atoms with Crippen molar-refractivity contribution in [1.82, 2.24) is 10.8 Å². The van der Waals surface area contributed by atoms with Crippen LogP contribution in [0, 0.1) is 0 Å². The molecule has 3 aromatic carbocycles. The Morgan fingerprint density at radius 1 is 0.750 bits per heavy atom. The van der Waals surface area contributed by atoms with Gasteiger partial charge in [0.05, 0.1) is 12.3 Å². The third-order valence-corrected chi connectivity index (χ3v) is 3.68. The molecule has 0 aromatic heterocycles. The van der Waals surface area contributed by atoms with Gasteiger partial charge in [-0.3, -0.25) is 10.2 Å². The number of ether oxygens (including phenoxy) is 1. The van der Waals surface area contributed by atoms with E-state index in [0.717, 1.165) is 11.1 Å². The maximum absolute atomic E-state index is 12.1. The van der Waals surface area contributed by atoms with Crippen LogP contribution in [-0.4, -0.2) is 12.1 Å². The van der Waals surface area contributed by atoms with Crippen LogP contribution in [0.5, 0.6) is 0 Å². The quantitative estimate of drug-likeness (QED) is 0.382. The lowest BCUT2D eigenvalue weighted by Crippen LogP contribution is -2.41. The largest absolute Gasteiger partial charge is 0.444 e. The summed E-state index contributed by atoms with van der Waals surface area (Å²) in [5.74, 6) is 0.139. The number of carbonyl (C=O) groups excluding carboxylic acids is 1. The highest BCUT2D eigenvalue weighted by molar-refractivity contribution is 5.94. The number of hydrogen-bond acceptors (Lipinski definition) is 4. The highest BCUT2D eigenvalue weighted by atomic mass is 16.6. The molecular formula is C22H21N3O3. The van der Waals surface area contributed by atoms with Gasteiger partial charge < -0.3 is 4.74 Å². The Balaban J connectivity index is 1.58. The minimum Gasteiger partial charge on any atom is -0.444 e. The zero-order valence-electron chi connectivity index (χ0n) is 15.2. The SMILES string of the molecule is O=C(NC(=Nc1ccccc1)NOCc1ccccc1)OCc1ccccc1. The van der Waals surface area contributed by atoms with Crippen molar-refractivity contribution in [2.24, 2.45) is 4.99 Å². The van der Waals surface area contributed by atoms with Gasteiger partial charge in [-0.25, -0.2) is 15.3 Å². The van der Waals surface area contributed by atoms with E-state index in [-0.39, 0.29) is 12.6 Å². The Kier molecular flexibility index (Phi) is 7.17. The Morgan fingerprint density at radius 2 is 1.29 bits per heavy atom. The molecule has 142 valence electrons. The van der Waals surface area contributed by atoms with E-state index in [1.54, 1.807) is 0 Å². The fraction of sp³-hybridized carbons (Fsp3) is 0.0909. The standard InChI is InChI=1S/C22H21N3O3/c26-22(27-16-18-10-4-1-5-11-18)24-21(23-20-14-8-3-9-15-20)25-28-17-19-12-6-2-7-13-19/h1-15H,16-17H2,(H2,23,24,25,26). The third kappa shape index (κ3) is 6.59. The van der Waals surface area contributed by atoms with Gasteiger partial charge in [-0.2, -0.15) is 0 Å². The van der Waals surface area contributed by atoms with Crippen LogP contribution in [0.25, 0.3) is 0 Å². The van der Waals surface area contributed by atoms with Gasteiger partial charge in [-0.1, -0.05) is 78.9 Å². The van der Waals surface area contributed by atoms with Gasteiger partial charge in [0, 0.05) is 0 Å². The number of alkyl carbamates (subject to hydrolysis) is 1. The predicted octanol–water partition coefficient (Wildman–Crippen LogP) is 4.32. The number of carbonyl (C=O) groups is 1. The van der Waals surface area contributed by atoms with E-state index in [2.05, 4.69) is 15.8 Å². The van der Waals surface area contributed by atoms with Gasteiger partial charge >= 0.3 is 6.09 Å². The fourth-order valence-corrected chi connectivity index (χ4v) is 2.33. The van der Waals surface area contributed by atoms with Crippen LogP contribution < -0.4 is 10.8 Å². The van der Waals surface area contributed by atoms with Gasteiger partial charge in [0.25, 0.3) is 0 Å². The lowest BCUT2D eigenvalue weighted by Gasteiger charge is -2.12. The second kappa shape index (κ2) is 10.5. The van der Waals surface area contributed by atoms with E-state index >= 15 is 0 Å². The molecule has 0 heterocycles. The summed E-state index contributed by atoms with van der Waals surface area (Å²) in [7, 11) is 0. The first kappa shape index (κ1) is 19.1. The van der Waals surface area contributed by atoms with E-state index in [9.17, 15) is 4.79 Å². The average molecular weight is 375 g/mol. The lowest BCUT2D eigenvalue weighted by atomic mass is 10.2. The van der Waals surface area contributed by atoms with Crippen molar-refractivity contribution in [3.05, 3.63) is 102 Å². The molecular weight excluding hydrogens is 354 g/mol. The first-order valence-corrected chi connectivity index (χ1v) is 8.83. The summed E-state index contributed by atoms with van der Waals surface area (Å²) in [6.45, 7) is 0.478. The molecule has 0 radical (unpaired) electrons. The van der Waals surface area contributed by atoms with E-state index in [0.29, 0.717) is 12.3 Å². The molecule has 3 aromatic rings. The van der Waals surface area contributed by atoms with Crippen LogP contribution in [0.3, 0.4) is 0 Å². The van der Waals surface area contributed by atoms with Crippen molar-refractivity contribution >= 4 is 17.7 Å². The van der Waals surface area contributed by atoms with Gasteiger partial charge in [0.1, 0.15) is 6.61 Å². The second-order valence-corrected chi connectivity index (χ2v) is 5.86. The summed E-state index contributed by atoms with van der Waals surface area (Å²) in [4.78, 5) is 22.0. The molecule has 0 bridgehead atoms. The van der Waals surface area contributed by atoms with Crippen LogP contribution >= 0.6 is 0 Å². The Bertz CT molecular complexity index is 885. The second-order valence-electron chi connectivity index (χ2n) is 5.86. The van der Waals surface area contributed by atoms with Crippen LogP contribution in [0.1, 0.15) is 11.1 Å². The van der Waals surface area contributed by atoms with E-state index in [4.69, 9.17) is 9.57 Å². The van der Waals surface area contributed by atoms with E-state index in [1.165, 1.54) is 0 Å². The molecule has 0 aliphatic rings. The predicted molar refractivity (Wildman–Crippen MR) is 108 cm³/mol. The molecule has 6 heteroatoms. The lowest BCUT2D eigenvalue weighted by molar-refractivity contribution is 0.0679. The molecule has 0 saturated heterocycles. The number of amides is 1. The smallest absolute Gasteiger partial charge is 0.414 e. The highest BCUT2D eigenvalue weighted by Crippen LogP contribution is 2.09. The molecule has 0 unspecified atom stereocenters. The number of hydroxylamine groups is 1. The molecule has 1 amide bonds. The first-order valence-electron chi connectivity index (χ1n) is 8.83. The molecule has 0 saturated carbocycles. The molecule has 3 rings (SSSR count). The average Bonchev–Trinajstić information content (AvgIpc) is 2.74. The number of rotatable bonds is 6. The molecule has 6 nitrogen and oxygen atoms in total. The molecule has 0 aliphatic carbocycles. The Hall–Kier alpha value is -3.64. The molecule has 0 aliphatic heterocycles. The molecule has 0 spiro atoms. The van der Waals surface area contributed by atoms with Gasteiger partial charge in [-0.05, 0) is 23.3 Å². The fourth-order valence-electron chi connectivity index (χ4n) is 2.33. The summed E-state index contributed by atoms with van der Waals surface area (Å²) in [5.41, 5.74) is 5.23. The molecule has 0 atom stereocenters. The van der Waals surface area contributed by atoms with E-state index < -0.39 is 6.09 Å². The number of guanidine groups is 1. The normalized spacial score (nSPS) is 10.9. The van der Waals surface area contributed by atoms with Gasteiger partial charge in [0.2, 0.25) is 5.96 Å². The monoisotopic (exact) mass is 375 g/mol. The number of hydrogen-bond donors (Lipinski definition) is 2. The highest BCUT2D eigenvalue weighted by Gasteiger charge is 2.08. The van der Waals surface area contributed by atoms with Crippen LogP contribution in [0.2, 0.25) is 0 Å². The summed E-state index contributed by atoms with van der Waals surface area (Å²) < 4.78 is 5.23. The van der Waals surface area contributed by atoms with Crippen molar-refractivity contribution in [3.8, 4) is 0 Å².